The molecule has 1 aliphatic rings. The molecule has 21 heavy (non-hydrogen) atoms. The van der Waals surface area contributed by atoms with Gasteiger partial charge in [-0.2, -0.15) is 5.26 Å². The van der Waals surface area contributed by atoms with Crippen LogP contribution in [0.2, 0.25) is 0 Å². The second-order valence-electron chi connectivity index (χ2n) is 3.95. The summed E-state index contributed by atoms with van der Waals surface area (Å²) < 4.78 is 9.83. The summed E-state index contributed by atoms with van der Waals surface area (Å²) in [6.07, 6.45) is -0.337. The van der Waals surface area contributed by atoms with Gasteiger partial charge in [-0.1, -0.05) is 0 Å². The highest BCUT2D eigenvalue weighted by molar-refractivity contribution is 5.80. The third-order valence-corrected chi connectivity index (χ3v) is 2.53. The topological polar surface area (TPSA) is 179 Å². The molecule has 0 saturated carbocycles. The number of azide groups is 2. The van der Waals surface area contributed by atoms with Gasteiger partial charge < -0.3 is 19.1 Å². The number of ether oxygens (including phenoxy) is 2. The van der Waals surface area contributed by atoms with Gasteiger partial charge in [0.1, 0.15) is 29.9 Å². The van der Waals surface area contributed by atoms with Crippen molar-refractivity contribution in [2.75, 3.05) is 26.4 Å². The maximum absolute atomic E-state index is 12.0. The van der Waals surface area contributed by atoms with Crippen molar-refractivity contribution in [2.45, 2.75) is 12.5 Å². The quantitative estimate of drug-likeness (QED) is 0.111. The fourth-order valence-electron chi connectivity index (χ4n) is 1.29. The third-order valence-electron chi connectivity index (χ3n) is 2.53. The minimum Gasteiger partial charge on any atom is -0.462 e. The predicted molar refractivity (Wildman–Crippen MR) is 63.6 cm³/mol. The highest BCUT2D eigenvalue weighted by Crippen LogP contribution is 2.25. The molecule has 0 aromatic heterocycles. The number of rotatable bonds is 10. The largest absolute Gasteiger partial charge is 0.462 e. The second-order valence-corrected chi connectivity index (χ2v) is 3.95. The molecule has 0 N–H and O–H groups in total. The van der Waals surface area contributed by atoms with Crippen LogP contribution in [-0.4, -0.2) is 38.5 Å². The fraction of sp³-hybridized carbons (Fsp3) is 0.778. The number of carbonyl (C=O) groups is 1. The van der Waals surface area contributed by atoms with Crippen molar-refractivity contribution in [1.82, 2.24) is 0 Å². The molecule has 2 atom stereocenters. The molecule has 1 heterocycles. The van der Waals surface area contributed by atoms with Crippen LogP contribution >= 0.6 is 0 Å². The van der Waals surface area contributed by atoms with E-state index >= 15 is 0 Å². The number of epoxide rings is 1. The van der Waals surface area contributed by atoms with Crippen molar-refractivity contribution in [3.8, 4) is 6.07 Å². The molecule has 1 saturated heterocycles. The summed E-state index contributed by atoms with van der Waals surface area (Å²) >= 11 is 0. The summed E-state index contributed by atoms with van der Waals surface area (Å²) in [5.74, 6) is -0.863. The van der Waals surface area contributed by atoms with Crippen molar-refractivity contribution < 1.29 is 23.9 Å². The lowest BCUT2D eigenvalue weighted by Gasteiger charge is -2.22. The minimum absolute atomic E-state index is 0.0149. The summed E-state index contributed by atoms with van der Waals surface area (Å²) in [6.45, 7) is -0.229. The molecule has 12 nitrogen and oxygen atoms in total. The Balaban J connectivity index is 2.66. The second kappa shape index (κ2) is 8.34. The van der Waals surface area contributed by atoms with Crippen LogP contribution in [0.4, 0.5) is 0 Å². The highest BCUT2D eigenvalue weighted by Gasteiger charge is 2.42. The summed E-state index contributed by atoms with van der Waals surface area (Å²) in [5.41, 5.74) is 14.5. The zero-order valence-corrected chi connectivity index (χ0v) is 10.8. The van der Waals surface area contributed by atoms with Gasteiger partial charge in [-0.3, -0.25) is 4.79 Å². The Bertz CT molecular complexity index is 503. The van der Waals surface area contributed by atoms with Gasteiger partial charge in [0, 0.05) is 16.2 Å². The Labute approximate surface area is 118 Å². The van der Waals surface area contributed by atoms with E-state index in [0.717, 1.165) is 0 Å². The first-order valence-corrected chi connectivity index (χ1v) is 5.71. The fourth-order valence-corrected chi connectivity index (χ4v) is 1.29. The van der Waals surface area contributed by atoms with E-state index in [-0.39, 0.29) is 25.7 Å². The molecule has 1 aliphatic heterocycles. The van der Waals surface area contributed by atoms with Gasteiger partial charge >= 0.3 is 5.97 Å². The smallest absolute Gasteiger partial charge is 0.330 e. The van der Waals surface area contributed by atoms with Crippen LogP contribution in [0.25, 0.3) is 20.9 Å². The molecule has 0 bridgehead atoms. The Morgan fingerprint density at radius 1 is 1.43 bits per heavy atom. The maximum Gasteiger partial charge on any atom is 0.330 e. The Morgan fingerprint density at radius 3 is 2.67 bits per heavy atom. The van der Waals surface area contributed by atoms with Crippen LogP contribution in [0.1, 0.15) is 6.42 Å². The minimum atomic E-state index is -1.74. The van der Waals surface area contributed by atoms with E-state index in [9.17, 15) is 10.1 Å². The van der Waals surface area contributed by atoms with Crippen LogP contribution in [0.5, 0.6) is 0 Å². The molecule has 2 unspecified atom stereocenters. The first-order chi connectivity index (χ1) is 10.2. The molecule has 12 heteroatoms. The van der Waals surface area contributed by atoms with E-state index in [2.05, 4.69) is 30.1 Å². The molecular weight excluding hydrogens is 286 g/mol. The molecule has 0 aliphatic carbocycles. The van der Waals surface area contributed by atoms with E-state index in [0.29, 0.717) is 6.61 Å². The third kappa shape index (κ3) is 5.33. The Kier molecular flexibility index (Phi) is 6.43. The van der Waals surface area contributed by atoms with Gasteiger partial charge in [-0.15, -0.1) is 0 Å². The summed E-state index contributed by atoms with van der Waals surface area (Å²) in [6, 6.07) is 1.76. The van der Waals surface area contributed by atoms with Crippen LogP contribution in [-0.2, 0) is 23.9 Å². The van der Waals surface area contributed by atoms with E-state index in [4.69, 9.17) is 20.5 Å². The van der Waals surface area contributed by atoms with Crippen molar-refractivity contribution in [1.29, 1.82) is 5.26 Å². The van der Waals surface area contributed by atoms with Crippen molar-refractivity contribution in [3.63, 3.8) is 0 Å². The van der Waals surface area contributed by atoms with E-state index in [1.165, 1.54) is 0 Å². The van der Waals surface area contributed by atoms with Crippen LogP contribution in [0.15, 0.2) is 10.6 Å². The highest BCUT2D eigenvalue weighted by atomic mass is 16.6. The zero-order valence-electron chi connectivity index (χ0n) is 10.8. The van der Waals surface area contributed by atoms with Gasteiger partial charge in [0.25, 0.3) is 0 Å². The number of esters is 1. The molecule has 1 rings (SSSR count). The number of nitrogens with zero attached hydrogens (tertiary/aromatic N) is 7. The van der Waals surface area contributed by atoms with Crippen LogP contribution in [0.3, 0.4) is 0 Å². The number of hydrogen-bond acceptors (Lipinski definition) is 8. The SMILES string of the molecule is N#CC(CCON=[N+]=[N-])(CON=[N+]=[N-])C(=O)OCC1CO1. The van der Waals surface area contributed by atoms with Crippen LogP contribution < -0.4 is 0 Å². The number of carbonyl (C=O) groups excluding carboxylic acids is 1. The Morgan fingerprint density at radius 2 is 2.10 bits per heavy atom. The molecule has 0 aromatic rings. The van der Waals surface area contributed by atoms with Gasteiger partial charge in [-0.25, -0.2) is 0 Å². The standard InChI is InChI=1S/C9H11N7O5/c10-5-9(6-21-16-14-12,1-2-20-15-13-11)8(17)19-4-7-3-18-7/h7H,1-4,6H2. The number of hydrogen-bond donors (Lipinski definition) is 0. The molecule has 0 amide bonds. The molecule has 0 spiro atoms. The Hall–Kier alpha value is -2.86. The first-order valence-electron chi connectivity index (χ1n) is 5.71. The average Bonchev–Trinajstić information content (AvgIpc) is 3.32. The molecular formula is C9H11N7O5. The molecule has 0 radical (unpaired) electrons. The normalized spacial score (nSPS) is 18.0. The number of nitriles is 1. The maximum atomic E-state index is 12.0. The van der Waals surface area contributed by atoms with Crippen molar-refractivity contribution >= 4 is 5.97 Å². The lowest BCUT2D eigenvalue weighted by atomic mass is 9.87. The van der Waals surface area contributed by atoms with Gasteiger partial charge in [0.2, 0.25) is 0 Å². The lowest BCUT2D eigenvalue weighted by molar-refractivity contribution is -0.157. The summed E-state index contributed by atoms with van der Waals surface area (Å²) in [5, 5.41) is 14.9. The molecule has 0 aromatic carbocycles. The van der Waals surface area contributed by atoms with E-state index in [1.807, 2.05) is 0 Å². The van der Waals surface area contributed by atoms with Crippen LogP contribution in [0, 0.1) is 16.7 Å². The summed E-state index contributed by atoms with van der Waals surface area (Å²) in [4.78, 5) is 25.8. The van der Waals surface area contributed by atoms with E-state index < -0.39 is 18.0 Å². The monoisotopic (exact) mass is 297 g/mol. The van der Waals surface area contributed by atoms with Crippen molar-refractivity contribution in [3.05, 3.63) is 20.9 Å². The lowest BCUT2D eigenvalue weighted by Crippen LogP contribution is -2.37. The van der Waals surface area contributed by atoms with Gasteiger partial charge in [-0.05, 0) is 11.1 Å². The van der Waals surface area contributed by atoms with Gasteiger partial charge in [0.05, 0.1) is 19.3 Å². The molecule has 1 fully saturated rings. The van der Waals surface area contributed by atoms with Crippen molar-refractivity contribution in [2.24, 2.45) is 16.0 Å². The molecule has 112 valence electrons. The van der Waals surface area contributed by atoms with Gasteiger partial charge in [0.15, 0.2) is 5.41 Å². The predicted octanol–water partition coefficient (Wildman–Crippen LogP) is 1.31. The zero-order chi connectivity index (χ0) is 15.6. The first kappa shape index (κ1) is 16.2. The summed E-state index contributed by atoms with van der Waals surface area (Å²) in [7, 11) is 0. The van der Waals surface area contributed by atoms with E-state index in [1.54, 1.807) is 6.07 Å². The average molecular weight is 297 g/mol.